The third-order valence-corrected chi connectivity index (χ3v) is 5.49. The maximum absolute atomic E-state index is 13.7. The Hall–Kier alpha value is -2.11. The van der Waals surface area contributed by atoms with Gasteiger partial charge in [-0.1, -0.05) is 35.9 Å². The van der Waals surface area contributed by atoms with Gasteiger partial charge >= 0.3 is 5.97 Å². The number of methoxy groups -OCH3 is 1. The molecule has 150 valence electrons. The number of aryl methyl sites for hydroxylation is 3. The van der Waals surface area contributed by atoms with Gasteiger partial charge in [0.2, 0.25) is 0 Å². The summed E-state index contributed by atoms with van der Waals surface area (Å²) in [6.07, 6.45) is 3.43. The topological polar surface area (TPSA) is 46.5 Å². The first-order chi connectivity index (χ1) is 13.3. The van der Waals surface area contributed by atoms with Crippen molar-refractivity contribution in [1.82, 2.24) is 0 Å². The molecule has 2 rings (SSSR count). The van der Waals surface area contributed by atoms with E-state index in [4.69, 9.17) is 0 Å². The number of hydrogen-bond donors (Lipinski definition) is 1. The molecular formula is C23H27FO3S. The molecule has 1 unspecified atom stereocenters. The number of halogens is 1. The van der Waals surface area contributed by atoms with Crippen molar-refractivity contribution in [3.63, 3.8) is 0 Å². The number of ether oxygens (including phenoxy) is 1. The number of thioether (sulfide) groups is 1. The molecule has 0 aliphatic rings. The Morgan fingerprint density at radius 1 is 1.21 bits per heavy atom. The number of aliphatic hydroxyl groups is 1. The molecule has 0 aliphatic carbocycles. The van der Waals surface area contributed by atoms with Crippen molar-refractivity contribution in [2.75, 3.05) is 18.6 Å². The van der Waals surface area contributed by atoms with Gasteiger partial charge in [-0.15, -0.1) is 0 Å². The second-order valence-electron chi connectivity index (χ2n) is 6.88. The first-order valence-corrected chi connectivity index (χ1v) is 10.3. The molecule has 0 aromatic heterocycles. The third-order valence-electron chi connectivity index (χ3n) is 4.44. The zero-order valence-corrected chi connectivity index (χ0v) is 17.6. The summed E-state index contributed by atoms with van der Waals surface area (Å²) < 4.78 is 18.2. The van der Waals surface area contributed by atoms with E-state index in [-0.39, 0.29) is 12.2 Å². The van der Waals surface area contributed by atoms with E-state index in [0.717, 1.165) is 27.8 Å². The molecular weight excluding hydrogens is 375 g/mol. The minimum atomic E-state index is -0.704. The highest BCUT2D eigenvalue weighted by Crippen LogP contribution is 2.30. The van der Waals surface area contributed by atoms with E-state index in [1.54, 1.807) is 18.7 Å². The summed E-state index contributed by atoms with van der Waals surface area (Å²) in [5, 5.41) is 9.81. The molecule has 0 heterocycles. The predicted molar refractivity (Wildman–Crippen MR) is 115 cm³/mol. The van der Waals surface area contributed by atoms with Gasteiger partial charge in [-0.05, 0) is 60.7 Å². The van der Waals surface area contributed by atoms with Crippen LogP contribution in [-0.4, -0.2) is 35.8 Å². The molecule has 0 saturated carbocycles. The van der Waals surface area contributed by atoms with E-state index < -0.39 is 12.1 Å². The molecule has 0 radical (unpaired) electrons. The molecule has 0 aliphatic heterocycles. The molecule has 1 atom stereocenters. The van der Waals surface area contributed by atoms with E-state index in [1.807, 2.05) is 18.2 Å². The Bertz CT molecular complexity index is 861. The van der Waals surface area contributed by atoms with Crippen molar-refractivity contribution in [2.24, 2.45) is 0 Å². The predicted octanol–water partition coefficient (Wildman–Crippen LogP) is 5.09. The summed E-state index contributed by atoms with van der Waals surface area (Å²) in [7, 11) is 1.31. The summed E-state index contributed by atoms with van der Waals surface area (Å²) in [5.41, 5.74) is 6.11. The minimum absolute atomic E-state index is 0.0123. The van der Waals surface area contributed by atoms with Crippen molar-refractivity contribution in [1.29, 1.82) is 0 Å². The van der Waals surface area contributed by atoms with Gasteiger partial charge in [-0.2, -0.15) is 11.8 Å². The highest BCUT2D eigenvalue weighted by molar-refractivity contribution is 7.99. The molecule has 5 heteroatoms. The maximum Gasteiger partial charge on any atom is 0.308 e. The number of carbonyl (C=O) groups is 1. The van der Waals surface area contributed by atoms with Crippen LogP contribution in [-0.2, 0) is 9.53 Å². The average molecular weight is 403 g/mol. The van der Waals surface area contributed by atoms with E-state index in [2.05, 4.69) is 36.8 Å². The minimum Gasteiger partial charge on any atom is -0.469 e. The van der Waals surface area contributed by atoms with Crippen LogP contribution in [0, 0.1) is 26.6 Å². The molecule has 2 aromatic carbocycles. The average Bonchev–Trinajstić information content (AvgIpc) is 2.64. The summed E-state index contributed by atoms with van der Waals surface area (Å²) in [6.45, 7) is 5.89. The van der Waals surface area contributed by atoms with E-state index >= 15 is 0 Å². The van der Waals surface area contributed by atoms with Gasteiger partial charge < -0.3 is 9.84 Å². The number of rotatable bonds is 8. The smallest absolute Gasteiger partial charge is 0.308 e. The van der Waals surface area contributed by atoms with E-state index in [9.17, 15) is 14.3 Å². The van der Waals surface area contributed by atoms with Crippen molar-refractivity contribution in [3.05, 3.63) is 64.5 Å². The molecule has 0 fully saturated rings. The Morgan fingerprint density at radius 2 is 1.96 bits per heavy atom. The molecule has 0 saturated heterocycles. The number of hydrogen-bond acceptors (Lipinski definition) is 4. The van der Waals surface area contributed by atoms with Crippen molar-refractivity contribution >= 4 is 23.8 Å². The fraction of sp³-hybridized carbons (Fsp3) is 0.348. The molecule has 0 spiro atoms. The second-order valence-corrected chi connectivity index (χ2v) is 7.96. The number of benzene rings is 2. The first kappa shape index (κ1) is 22.2. The summed E-state index contributed by atoms with van der Waals surface area (Å²) in [6, 6.07) is 9.44. The van der Waals surface area contributed by atoms with Crippen LogP contribution in [0.4, 0.5) is 4.39 Å². The molecule has 28 heavy (non-hydrogen) atoms. The van der Waals surface area contributed by atoms with Crippen LogP contribution in [0.25, 0.3) is 17.2 Å². The monoisotopic (exact) mass is 402 g/mol. The molecule has 0 amide bonds. The lowest BCUT2D eigenvalue weighted by molar-refractivity contribution is -0.142. The first-order valence-electron chi connectivity index (χ1n) is 9.18. The lowest BCUT2D eigenvalue weighted by atomic mass is 9.92. The van der Waals surface area contributed by atoms with Crippen LogP contribution < -0.4 is 0 Å². The van der Waals surface area contributed by atoms with Gasteiger partial charge in [0, 0.05) is 11.5 Å². The van der Waals surface area contributed by atoms with Gasteiger partial charge in [0.05, 0.1) is 19.6 Å². The van der Waals surface area contributed by atoms with Crippen molar-refractivity contribution < 1.29 is 19.0 Å². The van der Waals surface area contributed by atoms with Gasteiger partial charge in [0.1, 0.15) is 5.82 Å². The Balaban J connectivity index is 2.11. The van der Waals surface area contributed by atoms with Gasteiger partial charge in [-0.3, -0.25) is 4.79 Å². The number of carbonyl (C=O) groups excluding carboxylic acids is 1. The van der Waals surface area contributed by atoms with Crippen LogP contribution >= 0.6 is 11.8 Å². The lowest BCUT2D eigenvalue weighted by Crippen LogP contribution is -2.16. The molecule has 2 aromatic rings. The fourth-order valence-electron chi connectivity index (χ4n) is 3.02. The maximum atomic E-state index is 13.7. The highest BCUT2D eigenvalue weighted by atomic mass is 32.2. The highest BCUT2D eigenvalue weighted by Gasteiger charge is 2.11. The number of esters is 1. The summed E-state index contributed by atoms with van der Waals surface area (Å²) in [5.74, 6) is 0.578. The molecule has 3 nitrogen and oxygen atoms in total. The quantitative estimate of drug-likeness (QED) is 0.494. The Morgan fingerprint density at radius 3 is 2.64 bits per heavy atom. The van der Waals surface area contributed by atoms with Crippen molar-refractivity contribution in [2.45, 2.75) is 33.3 Å². The lowest BCUT2D eigenvalue weighted by Gasteiger charge is -2.13. The van der Waals surface area contributed by atoms with Gasteiger partial charge in [-0.25, -0.2) is 4.39 Å². The normalized spacial score (nSPS) is 12.4. The van der Waals surface area contributed by atoms with Crippen LogP contribution in [0.1, 0.15) is 28.7 Å². The van der Waals surface area contributed by atoms with Gasteiger partial charge in [0.25, 0.3) is 0 Å². The standard InChI is InChI=1S/C23H27FO3S/c1-15-10-16(2)20(6-5-9-28-14-19(25)13-23(26)27-4)21(11-15)18-7-8-22(24)17(3)12-18/h5-8,10-12,19,25H,9,13-14H2,1-4H3/b6-5+. The van der Waals surface area contributed by atoms with E-state index in [0.29, 0.717) is 17.1 Å². The zero-order valence-electron chi connectivity index (χ0n) is 16.8. The summed E-state index contributed by atoms with van der Waals surface area (Å²) in [4.78, 5) is 11.1. The SMILES string of the molecule is COC(=O)CC(O)CSC/C=C/c1c(C)cc(C)cc1-c1ccc(F)c(C)c1. The van der Waals surface area contributed by atoms with Crippen LogP contribution in [0.2, 0.25) is 0 Å². The Labute approximate surface area is 170 Å². The third kappa shape index (κ3) is 6.21. The van der Waals surface area contributed by atoms with E-state index in [1.165, 1.54) is 13.2 Å². The van der Waals surface area contributed by atoms with Crippen molar-refractivity contribution in [3.8, 4) is 11.1 Å². The van der Waals surface area contributed by atoms with Gasteiger partial charge in [0.15, 0.2) is 0 Å². The molecule has 1 N–H and O–H groups in total. The largest absolute Gasteiger partial charge is 0.469 e. The number of aliphatic hydroxyl groups excluding tert-OH is 1. The second kappa shape index (κ2) is 10.4. The molecule has 0 bridgehead atoms. The van der Waals surface area contributed by atoms with Crippen LogP contribution in [0.5, 0.6) is 0 Å². The fourth-order valence-corrected chi connectivity index (χ4v) is 3.78. The van der Waals surface area contributed by atoms with Crippen LogP contribution in [0.15, 0.2) is 36.4 Å². The zero-order chi connectivity index (χ0) is 20.7. The van der Waals surface area contributed by atoms with Crippen LogP contribution in [0.3, 0.4) is 0 Å². The summed E-state index contributed by atoms with van der Waals surface area (Å²) >= 11 is 1.55. The Kier molecular flexibility index (Phi) is 8.27.